The lowest BCUT2D eigenvalue weighted by Gasteiger charge is -2.07. The van der Waals surface area contributed by atoms with E-state index in [1.165, 1.54) is 47.9 Å². The third-order valence-electron chi connectivity index (χ3n) is 5.08. The number of aromatic nitrogens is 1. The van der Waals surface area contributed by atoms with Crippen molar-refractivity contribution in [2.45, 2.75) is 6.92 Å². The van der Waals surface area contributed by atoms with E-state index in [4.69, 9.17) is 0 Å². The maximum Gasteiger partial charge on any atom is 0.213 e. The van der Waals surface area contributed by atoms with Crippen LogP contribution in [0.2, 0.25) is 0 Å². The fourth-order valence-electron chi connectivity index (χ4n) is 3.76. The Kier molecular flexibility index (Phi) is 3.16. The number of hydrogen-bond acceptors (Lipinski definition) is 1. The van der Waals surface area contributed by atoms with Crippen molar-refractivity contribution in [1.82, 2.24) is 0 Å². The van der Waals surface area contributed by atoms with Crippen LogP contribution in [-0.4, -0.2) is 0 Å². The first-order valence-electron chi connectivity index (χ1n) is 8.52. The fourth-order valence-corrected chi connectivity index (χ4v) is 4.95. The molecule has 5 aromatic rings. The molecule has 2 heterocycles. The van der Waals surface area contributed by atoms with Gasteiger partial charge in [0.1, 0.15) is 7.05 Å². The molecule has 0 saturated carbocycles. The summed E-state index contributed by atoms with van der Waals surface area (Å²) in [5.74, 6) is 0. The minimum atomic E-state index is 1.26. The van der Waals surface area contributed by atoms with E-state index in [9.17, 15) is 0 Å². The monoisotopic (exact) mass is 340 g/mol. The number of aryl methyl sites for hydroxylation is 2. The Bertz CT molecular complexity index is 1260. The van der Waals surface area contributed by atoms with Gasteiger partial charge in [0.25, 0.3) is 0 Å². The van der Waals surface area contributed by atoms with Crippen molar-refractivity contribution in [2.24, 2.45) is 7.05 Å². The van der Waals surface area contributed by atoms with Crippen LogP contribution in [0.3, 0.4) is 0 Å². The van der Waals surface area contributed by atoms with Gasteiger partial charge in [-0.05, 0) is 42.8 Å². The van der Waals surface area contributed by atoms with Crippen LogP contribution in [0.5, 0.6) is 0 Å². The van der Waals surface area contributed by atoms with E-state index >= 15 is 0 Å². The van der Waals surface area contributed by atoms with Gasteiger partial charge in [0, 0.05) is 43.3 Å². The Labute approximate surface area is 150 Å². The quantitative estimate of drug-likeness (QED) is 0.329. The van der Waals surface area contributed by atoms with Gasteiger partial charge in [-0.3, -0.25) is 0 Å². The average Bonchev–Trinajstić information content (AvgIpc) is 2.99. The van der Waals surface area contributed by atoms with Crippen molar-refractivity contribution in [3.63, 3.8) is 0 Å². The molecule has 5 rings (SSSR count). The smallest absolute Gasteiger partial charge is 0.194 e. The predicted molar refractivity (Wildman–Crippen MR) is 108 cm³/mol. The Morgan fingerprint density at radius 3 is 2.48 bits per heavy atom. The number of nitrogens with zero attached hydrogens (tertiary/aromatic N) is 1. The third-order valence-corrected chi connectivity index (χ3v) is 6.21. The van der Waals surface area contributed by atoms with Gasteiger partial charge in [0.15, 0.2) is 0 Å². The predicted octanol–water partition coefficient (Wildman–Crippen LogP) is 6.01. The summed E-state index contributed by atoms with van der Waals surface area (Å²) in [5, 5.41) is 3.98. The number of para-hydroxylation sites is 1. The SMILES string of the molecule is Cc1cc2sc3ccccc3c2cc1-c1ccc2ccccc2[n+]1C. The molecule has 0 spiro atoms. The van der Waals surface area contributed by atoms with Crippen molar-refractivity contribution < 1.29 is 4.57 Å². The van der Waals surface area contributed by atoms with Crippen LogP contribution >= 0.6 is 11.3 Å². The molecule has 0 aliphatic rings. The summed E-state index contributed by atoms with van der Waals surface area (Å²) in [4.78, 5) is 0. The highest BCUT2D eigenvalue weighted by atomic mass is 32.1. The Morgan fingerprint density at radius 2 is 1.56 bits per heavy atom. The maximum absolute atomic E-state index is 2.37. The number of rotatable bonds is 1. The average molecular weight is 340 g/mol. The molecule has 25 heavy (non-hydrogen) atoms. The van der Waals surface area contributed by atoms with Crippen molar-refractivity contribution >= 4 is 42.4 Å². The second-order valence-electron chi connectivity index (χ2n) is 6.60. The van der Waals surface area contributed by atoms with Gasteiger partial charge in [-0.25, -0.2) is 0 Å². The zero-order valence-electron chi connectivity index (χ0n) is 14.3. The summed E-state index contributed by atoms with van der Waals surface area (Å²) in [5.41, 5.74) is 5.15. The van der Waals surface area contributed by atoms with Crippen molar-refractivity contribution in [1.29, 1.82) is 0 Å². The van der Waals surface area contributed by atoms with Crippen LogP contribution in [0, 0.1) is 6.92 Å². The van der Waals surface area contributed by atoms with E-state index in [0.29, 0.717) is 0 Å². The van der Waals surface area contributed by atoms with Gasteiger partial charge in [-0.1, -0.05) is 30.3 Å². The van der Waals surface area contributed by atoms with Crippen LogP contribution < -0.4 is 4.57 Å². The molecule has 3 aromatic carbocycles. The first-order valence-corrected chi connectivity index (χ1v) is 9.34. The van der Waals surface area contributed by atoms with Crippen molar-refractivity contribution in [3.05, 3.63) is 78.4 Å². The zero-order chi connectivity index (χ0) is 17.0. The summed E-state index contributed by atoms with van der Waals surface area (Å²) in [6, 6.07) is 26.4. The van der Waals surface area contributed by atoms with Gasteiger partial charge in [-0.15, -0.1) is 11.3 Å². The Hall–Kier alpha value is -2.71. The number of hydrogen-bond donors (Lipinski definition) is 0. The summed E-state index contributed by atoms with van der Waals surface area (Å²) >= 11 is 1.88. The van der Waals surface area contributed by atoms with Crippen molar-refractivity contribution in [3.8, 4) is 11.3 Å². The van der Waals surface area contributed by atoms with E-state index in [1.807, 2.05) is 11.3 Å². The molecule has 0 bridgehead atoms. The number of fused-ring (bicyclic) bond motifs is 4. The lowest BCUT2D eigenvalue weighted by atomic mass is 10.0. The lowest BCUT2D eigenvalue weighted by Crippen LogP contribution is -2.32. The first kappa shape index (κ1) is 14.6. The molecule has 0 unspecified atom stereocenters. The standard InChI is InChI=1S/C23H18NS/c1-15-13-23-19(17-8-4-6-10-22(17)25-23)14-18(15)21-12-11-16-7-3-5-9-20(16)24(21)2/h3-14H,1-2H3/q+1. The van der Waals surface area contributed by atoms with Gasteiger partial charge in [-0.2, -0.15) is 4.57 Å². The summed E-state index contributed by atoms with van der Waals surface area (Å²) in [6.45, 7) is 2.22. The summed E-state index contributed by atoms with van der Waals surface area (Å²) in [7, 11) is 2.16. The molecular formula is C23H18NS+. The molecule has 0 N–H and O–H groups in total. The van der Waals surface area contributed by atoms with Gasteiger partial charge in [0.05, 0.1) is 0 Å². The highest BCUT2D eigenvalue weighted by Gasteiger charge is 2.17. The molecule has 0 radical (unpaired) electrons. The van der Waals surface area contributed by atoms with E-state index in [0.717, 1.165) is 0 Å². The number of benzene rings is 3. The fraction of sp³-hybridized carbons (Fsp3) is 0.0870. The molecular weight excluding hydrogens is 322 g/mol. The molecule has 0 aliphatic heterocycles. The number of pyridine rings is 1. The Morgan fingerprint density at radius 1 is 0.760 bits per heavy atom. The molecule has 1 nitrogen and oxygen atoms in total. The van der Waals surface area contributed by atoms with Crippen LogP contribution in [0.4, 0.5) is 0 Å². The Balaban J connectivity index is 1.84. The second kappa shape index (κ2) is 5.40. The molecule has 2 aromatic heterocycles. The van der Waals surface area contributed by atoms with Crippen LogP contribution in [0.25, 0.3) is 42.3 Å². The largest absolute Gasteiger partial charge is 0.213 e. The maximum atomic E-state index is 2.37. The second-order valence-corrected chi connectivity index (χ2v) is 7.68. The topological polar surface area (TPSA) is 3.88 Å². The highest BCUT2D eigenvalue weighted by molar-refractivity contribution is 7.25. The first-order chi connectivity index (χ1) is 12.2. The minimum absolute atomic E-state index is 1.26. The molecule has 0 fully saturated rings. The normalized spacial score (nSPS) is 11.6. The summed E-state index contributed by atoms with van der Waals surface area (Å²) in [6.07, 6.45) is 0. The van der Waals surface area contributed by atoms with Crippen LogP contribution in [-0.2, 0) is 7.05 Å². The molecule has 0 amide bonds. The van der Waals surface area contributed by atoms with Crippen LogP contribution in [0.1, 0.15) is 5.56 Å². The lowest BCUT2D eigenvalue weighted by molar-refractivity contribution is -0.633. The molecule has 0 atom stereocenters. The van der Waals surface area contributed by atoms with E-state index < -0.39 is 0 Å². The summed E-state index contributed by atoms with van der Waals surface area (Å²) < 4.78 is 5.03. The third kappa shape index (κ3) is 2.18. The molecule has 120 valence electrons. The van der Waals surface area contributed by atoms with E-state index in [-0.39, 0.29) is 0 Å². The minimum Gasteiger partial charge on any atom is -0.194 e. The van der Waals surface area contributed by atoms with E-state index in [2.05, 4.69) is 91.3 Å². The highest BCUT2D eigenvalue weighted by Crippen LogP contribution is 2.37. The van der Waals surface area contributed by atoms with Gasteiger partial charge < -0.3 is 0 Å². The molecule has 0 saturated heterocycles. The van der Waals surface area contributed by atoms with Crippen LogP contribution in [0.15, 0.2) is 72.8 Å². The van der Waals surface area contributed by atoms with E-state index in [1.54, 1.807) is 0 Å². The molecule has 0 aliphatic carbocycles. The molecule has 2 heteroatoms. The number of thiophene rings is 1. The van der Waals surface area contributed by atoms with Crippen molar-refractivity contribution in [2.75, 3.05) is 0 Å². The van der Waals surface area contributed by atoms with Gasteiger partial charge >= 0.3 is 0 Å². The van der Waals surface area contributed by atoms with Gasteiger partial charge in [0.2, 0.25) is 11.2 Å². The zero-order valence-corrected chi connectivity index (χ0v) is 15.1.